The van der Waals surface area contributed by atoms with E-state index < -0.39 is 27.0 Å². The summed E-state index contributed by atoms with van der Waals surface area (Å²) >= 11 is 6.23. The molecule has 3 aromatic carbocycles. The van der Waals surface area contributed by atoms with E-state index in [0.717, 1.165) is 12.1 Å². The summed E-state index contributed by atoms with van der Waals surface area (Å²) in [6, 6.07) is 16.2. The van der Waals surface area contributed by atoms with E-state index >= 15 is 0 Å². The van der Waals surface area contributed by atoms with Crippen LogP contribution in [0.3, 0.4) is 0 Å². The van der Waals surface area contributed by atoms with Crippen molar-refractivity contribution in [1.29, 1.82) is 0 Å². The number of anilines is 1. The number of hydrogen-bond acceptors (Lipinski definition) is 4. The standard InChI is InChI=1S/C20H13ClF3N3O3S/c21-15-6-2-1-5-13(15)19-14-10-9-12(11-16(14)25-26-19)27-31(28,29)18-8-4-3-7-17(18)30-20(22,23)24/h1-11,27H,(H,25,26). The highest BCUT2D eigenvalue weighted by molar-refractivity contribution is 7.92. The third-order valence-corrected chi connectivity index (χ3v) is 6.06. The number of hydrogen-bond donors (Lipinski definition) is 2. The summed E-state index contributed by atoms with van der Waals surface area (Å²) in [5.74, 6) is -0.828. The fraction of sp³-hybridized carbons (Fsp3) is 0.0500. The van der Waals surface area contributed by atoms with Crippen molar-refractivity contribution in [2.75, 3.05) is 4.72 Å². The van der Waals surface area contributed by atoms with E-state index in [4.69, 9.17) is 11.6 Å². The molecule has 2 N–H and O–H groups in total. The zero-order chi connectivity index (χ0) is 22.2. The molecule has 0 saturated heterocycles. The fourth-order valence-corrected chi connectivity index (χ4v) is 4.44. The van der Waals surface area contributed by atoms with Gasteiger partial charge in [0.1, 0.15) is 16.3 Å². The van der Waals surface area contributed by atoms with Crippen LogP contribution in [0.1, 0.15) is 0 Å². The summed E-state index contributed by atoms with van der Waals surface area (Å²) in [5, 5.41) is 8.24. The largest absolute Gasteiger partial charge is 0.573 e. The number of fused-ring (bicyclic) bond motifs is 1. The van der Waals surface area contributed by atoms with Crippen molar-refractivity contribution in [2.45, 2.75) is 11.3 Å². The molecule has 0 fully saturated rings. The van der Waals surface area contributed by atoms with E-state index in [9.17, 15) is 21.6 Å². The quantitative estimate of drug-likeness (QED) is 0.401. The lowest BCUT2D eigenvalue weighted by Crippen LogP contribution is -2.20. The average molecular weight is 468 g/mol. The molecule has 0 aliphatic carbocycles. The van der Waals surface area contributed by atoms with Gasteiger partial charge in [0.25, 0.3) is 10.0 Å². The monoisotopic (exact) mass is 467 g/mol. The molecule has 31 heavy (non-hydrogen) atoms. The molecule has 6 nitrogen and oxygen atoms in total. The second-order valence-electron chi connectivity index (χ2n) is 6.41. The second kappa shape index (κ2) is 7.78. The number of nitrogens with zero attached hydrogens (tertiary/aromatic N) is 1. The Balaban J connectivity index is 1.68. The highest BCUT2D eigenvalue weighted by Crippen LogP contribution is 2.34. The van der Waals surface area contributed by atoms with Gasteiger partial charge in [0.2, 0.25) is 0 Å². The van der Waals surface area contributed by atoms with Gasteiger partial charge in [0, 0.05) is 10.9 Å². The van der Waals surface area contributed by atoms with Crippen molar-refractivity contribution >= 4 is 38.2 Å². The Morgan fingerprint density at radius 2 is 1.71 bits per heavy atom. The Hall–Kier alpha value is -3.24. The van der Waals surface area contributed by atoms with Crippen molar-refractivity contribution in [3.05, 3.63) is 71.8 Å². The zero-order valence-corrected chi connectivity index (χ0v) is 17.0. The molecule has 11 heteroatoms. The molecule has 160 valence electrons. The number of nitrogens with one attached hydrogen (secondary N) is 2. The van der Waals surface area contributed by atoms with Gasteiger partial charge >= 0.3 is 6.36 Å². The molecule has 4 aromatic rings. The summed E-state index contributed by atoms with van der Waals surface area (Å²) in [6.45, 7) is 0. The van der Waals surface area contributed by atoms with Crippen LogP contribution in [-0.2, 0) is 10.0 Å². The first-order chi connectivity index (χ1) is 14.6. The van der Waals surface area contributed by atoms with Crippen LogP contribution in [0.25, 0.3) is 22.2 Å². The Kier molecular flexibility index (Phi) is 5.28. The number of sulfonamides is 1. The van der Waals surface area contributed by atoms with Crippen molar-refractivity contribution in [3.63, 3.8) is 0 Å². The van der Waals surface area contributed by atoms with Crippen LogP contribution in [-0.4, -0.2) is 25.0 Å². The lowest BCUT2D eigenvalue weighted by Gasteiger charge is -2.14. The smallest absolute Gasteiger partial charge is 0.404 e. The highest BCUT2D eigenvalue weighted by Gasteiger charge is 2.34. The average Bonchev–Trinajstić information content (AvgIpc) is 3.10. The molecule has 0 radical (unpaired) electrons. The Morgan fingerprint density at radius 1 is 1.00 bits per heavy atom. The first-order valence-electron chi connectivity index (χ1n) is 8.75. The number of aromatic amines is 1. The summed E-state index contributed by atoms with van der Waals surface area (Å²) in [5.41, 5.74) is 1.92. The topological polar surface area (TPSA) is 84.1 Å². The molecule has 1 heterocycles. The first-order valence-corrected chi connectivity index (χ1v) is 10.6. The predicted molar refractivity (Wildman–Crippen MR) is 110 cm³/mol. The van der Waals surface area contributed by atoms with E-state index in [1.165, 1.54) is 24.3 Å². The van der Waals surface area contributed by atoms with Gasteiger partial charge < -0.3 is 4.74 Å². The predicted octanol–water partition coefficient (Wildman–Crippen LogP) is 5.58. The van der Waals surface area contributed by atoms with E-state index in [1.54, 1.807) is 24.3 Å². The van der Waals surface area contributed by atoms with E-state index in [1.807, 2.05) is 6.07 Å². The number of aromatic nitrogens is 2. The maximum Gasteiger partial charge on any atom is 0.573 e. The highest BCUT2D eigenvalue weighted by atomic mass is 35.5. The SMILES string of the molecule is O=S(=O)(Nc1ccc2c(-c3ccccc3Cl)n[nH]c2c1)c1ccccc1OC(F)(F)F. The van der Waals surface area contributed by atoms with Gasteiger partial charge in [-0.15, -0.1) is 13.2 Å². The fourth-order valence-electron chi connectivity index (χ4n) is 3.03. The Bertz CT molecular complexity index is 1370. The molecule has 0 saturated carbocycles. The van der Waals surface area contributed by atoms with Gasteiger partial charge in [0.05, 0.1) is 16.2 Å². The van der Waals surface area contributed by atoms with Crippen LogP contribution < -0.4 is 9.46 Å². The van der Waals surface area contributed by atoms with Crippen molar-refractivity contribution in [2.24, 2.45) is 0 Å². The van der Waals surface area contributed by atoms with Crippen LogP contribution in [0.4, 0.5) is 18.9 Å². The number of alkyl halides is 3. The lowest BCUT2D eigenvalue weighted by molar-refractivity contribution is -0.275. The summed E-state index contributed by atoms with van der Waals surface area (Å²) < 4.78 is 69.4. The Morgan fingerprint density at radius 3 is 2.45 bits per heavy atom. The minimum atomic E-state index is -5.03. The van der Waals surface area contributed by atoms with Crippen LogP contribution in [0.2, 0.25) is 5.02 Å². The maximum absolute atomic E-state index is 12.7. The van der Waals surface area contributed by atoms with E-state index in [-0.39, 0.29) is 5.69 Å². The lowest BCUT2D eigenvalue weighted by atomic mass is 10.1. The molecule has 0 atom stereocenters. The molecule has 1 aromatic heterocycles. The number of rotatable bonds is 5. The molecule has 0 spiro atoms. The second-order valence-corrected chi connectivity index (χ2v) is 8.47. The minimum absolute atomic E-state index is 0.128. The number of benzene rings is 3. The molecular formula is C20H13ClF3N3O3S. The first kappa shape index (κ1) is 21.0. The van der Waals surface area contributed by atoms with Gasteiger partial charge in [-0.25, -0.2) is 8.42 Å². The van der Waals surface area contributed by atoms with Crippen molar-refractivity contribution in [1.82, 2.24) is 10.2 Å². The summed E-state index contributed by atoms with van der Waals surface area (Å²) in [4.78, 5) is -0.645. The molecule has 0 unspecified atom stereocenters. The van der Waals surface area contributed by atoms with Crippen LogP contribution in [0, 0.1) is 0 Å². The van der Waals surface area contributed by atoms with Crippen LogP contribution in [0.5, 0.6) is 5.75 Å². The molecule has 0 amide bonds. The number of ether oxygens (including phenoxy) is 1. The van der Waals surface area contributed by atoms with Crippen molar-refractivity contribution < 1.29 is 26.3 Å². The third kappa shape index (κ3) is 4.44. The number of H-pyrrole nitrogens is 1. The van der Waals surface area contributed by atoms with Gasteiger partial charge in [-0.1, -0.05) is 41.9 Å². The van der Waals surface area contributed by atoms with Gasteiger partial charge in [-0.2, -0.15) is 5.10 Å². The van der Waals surface area contributed by atoms with Crippen LogP contribution >= 0.6 is 11.6 Å². The number of halogens is 4. The third-order valence-electron chi connectivity index (χ3n) is 4.31. The molecule has 0 bridgehead atoms. The van der Waals surface area contributed by atoms with Crippen molar-refractivity contribution in [3.8, 4) is 17.0 Å². The molecule has 0 aliphatic heterocycles. The molecule has 4 rings (SSSR count). The van der Waals surface area contributed by atoms with E-state index in [0.29, 0.717) is 27.2 Å². The zero-order valence-electron chi connectivity index (χ0n) is 15.4. The normalized spacial score (nSPS) is 12.1. The van der Waals surface area contributed by atoms with Gasteiger partial charge in [-0.3, -0.25) is 9.82 Å². The Labute approximate surface area is 179 Å². The summed E-state index contributed by atoms with van der Waals surface area (Å²) in [7, 11) is -4.37. The summed E-state index contributed by atoms with van der Waals surface area (Å²) in [6.07, 6.45) is -5.03. The van der Waals surface area contributed by atoms with Crippen LogP contribution in [0.15, 0.2) is 71.6 Å². The number of para-hydroxylation sites is 1. The van der Waals surface area contributed by atoms with Gasteiger partial charge in [-0.05, 0) is 36.4 Å². The maximum atomic E-state index is 12.7. The molecule has 0 aliphatic rings. The minimum Gasteiger partial charge on any atom is -0.404 e. The van der Waals surface area contributed by atoms with E-state index in [2.05, 4.69) is 19.7 Å². The van der Waals surface area contributed by atoms with Gasteiger partial charge in [0.15, 0.2) is 0 Å². The molecular weight excluding hydrogens is 455 g/mol.